The number of benzene rings is 1. The molecule has 17 heavy (non-hydrogen) atoms. The maximum atomic E-state index is 3.61. The van der Waals surface area contributed by atoms with Crippen molar-refractivity contribution in [2.45, 2.75) is 46.7 Å². The van der Waals surface area contributed by atoms with E-state index in [1.54, 1.807) is 0 Å². The van der Waals surface area contributed by atoms with Crippen LogP contribution in [0.1, 0.15) is 34.1 Å². The lowest BCUT2D eigenvalue weighted by Gasteiger charge is -2.30. The molecule has 0 N–H and O–H groups in total. The zero-order chi connectivity index (χ0) is 12.9. The van der Waals surface area contributed by atoms with E-state index in [1.165, 1.54) is 11.2 Å². The van der Waals surface area contributed by atoms with Gasteiger partial charge in [-0.2, -0.15) is 0 Å². The first kappa shape index (κ1) is 14.1. The summed E-state index contributed by atoms with van der Waals surface area (Å²) in [6, 6.07) is 12.1. The van der Waals surface area contributed by atoms with Gasteiger partial charge in [-0.15, -0.1) is 11.5 Å². The molecular weight excluding hydrogens is 220 g/mol. The van der Waals surface area contributed by atoms with Crippen molar-refractivity contribution in [2.24, 2.45) is 5.41 Å². The van der Waals surface area contributed by atoms with E-state index in [2.05, 4.69) is 76.0 Å². The molecule has 0 aliphatic heterocycles. The highest BCUT2D eigenvalue weighted by Crippen LogP contribution is 2.27. The molecule has 0 radical (unpaired) electrons. The van der Waals surface area contributed by atoms with E-state index in [0.717, 1.165) is 6.42 Å². The van der Waals surface area contributed by atoms with Gasteiger partial charge in [0.15, 0.2) is 8.07 Å². The minimum absolute atomic E-state index is 0.346. The molecule has 0 aliphatic carbocycles. The van der Waals surface area contributed by atoms with Crippen LogP contribution in [0.3, 0.4) is 0 Å². The van der Waals surface area contributed by atoms with Crippen LogP contribution in [0.4, 0.5) is 0 Å². The predicted octanol–water partition coefficient (Wildman–Crippen LogP) is 3.97. The van der Waals surface area contributed by atoms with E-state index in [-0.39, 0.29) is 0 Å². The Morgan fingerprint density at radius 2 is 1.71 bits per heavy atom. The molecule has 1 aromatic rings. The van der Waals surface area contributed by atoms with Crippen molar-refractivity contribution >= 4 is 13.3 Å². The Hall–Kier alpha value is -1.00. The third kappa shape index (κ3) is 4.40. The molecule has 0 heterocycles. The van der Waals surface area contributed by atoms with Gasteiger partial charge in [-0.05, 0) is 16.6 Å². The van der Waals surface area contributed by atoms with Crippen molar-refractivity contribution in [1.29, 1.82) is 0 Å². The van der Waals surface area contributed by atoms with Gasteiger partial charge in [-0.1, -0.05) is 64.6 Å². The Balaban J connectivity index is 3.11. The Bertz CT molecular complexity index is 403. The van der Waals surface area contributed by atoms with Crippen LogP contribution >= 0.6 is 0 Å². The van der Waals surface area contributed by atoms with Crippen LogP contribution in [0, 0.1) is 16.9 Å². The first-order valence-corrected chi connectivity index (χ1v) is 9.14. The molecule has 0 spiro atoms. The smallest absolute Gasteiger partial charge is 0.126 e. The summed E-state index contributed by atoms with van der Waals surface area (Å²) in [5.41, 5.74) is 3.95. The lowest BCUT2D eigenvalue weighted by Crippen LogP contribution is -2.46. The van der Waals surface area contributed by atoms with Crippen LogP contribution in [0.25, 0.3) is 0 Å². The highest BCUT2D eigenvalue weighted by molar-refractivity contribution is 6.97. The summed E-state index contributed by atoms with van der Waals surface area (Å²) in [4.78, 5) is 0. The van der Waals surface area contributed by atoms with Crippen molar-refractivity contribution < 1.29 is 0 Å². The fourth-order valence-electron chi connectivity index (χ4n) is 2.37. The number of hydrogen-bond donors (Lipinski definition) is 0. The second-order valence-corrected chi connectivity index (χ2v) is 9.94. The molecule has 0 nitrogen and oxygen atoms in total. The molecule has 0 aromatic heterocycles. The van der Waals surface area contributed by atoms with Crippen LogP contribution in [0.15, 0.2) is 30.3 Å². The second-order valence-electron chi connectivity index (χ2n) is 6.09. The van der Waals surface area contributed by atoms with Crippen LogP contribution in [0.2, 0.25) is 12.6 Å². The molecule has 92 valence electrons. The van der Waals surface area contributed by atoms with E-state index in [0.29, 0.717) is 5.41 Å². The highest BCUT2D eigenvalue weighted by atomic mass is 28.3. The normalized spacial score (nSPS) is 14.6. The monoisotopic (exact) mass is 244 g/mol. The van der Waals surface area contributed by atoms with Crippen molar-refractivity contribution in [1.82, 2.24) is 0 Å². The molecule has 0 fully saturated rings. The van der Waals surface area contributed by atoms with Gasteiger partial charge in [-0.25, -0.2) is 0 Å². The summed E-state index contributed by atoms with van der Waals surface area (Å²) in [6.45, 7) is 11.5. The lowest BCUT2D eigenvalue weighted by atomic mass is 10.0. The summed E-state index contributed by atoms with van der Waals surface area (Å²) >= 11 is 0. The maximum Gasteiger partial charge on any atom is 0.166 e. The fourth-order valence-corrected chi connectivity index (χ4v) is 6.42. The van der Waals surface area contributed by atoms with Gasteiger partial charge in [0, 0.05) is 6.42 Å². The summed E-state index contributed by atoms with van der Waals surface area (Å²) in [6.07, 6.45) is 0.958. The first-order valence-electron chi connectivity index (χ1n) is 6.43. The first-order chi connectivity index (χ1) is 7.87. The van der Waals surface area contributed by atoms with Gasteiger partial charge in [0.1, 0.15) is 0 Å². The molecule has 0 saturated heterocycles. The average molecular weight is 244 g/mol. The van der Waals surface area contributed by atoms with Crippen molar-refractivity contribution in [3.63, 3.8) is 0 Å². The third-order valence-corrected chi connectivity index (χ3v) is 6.94. The van der Waals surface area contributed by atoms with Gasteiger partial charge in [0.25, 0.3) is 0 Å². The SMILES string of the molecule is CCC#C[Si](C)(CC(C)(C)C)c1ccccc1. The summed E-state index contributed by atoms with van der Waals surface area (Å²) < 4.78 is 0. The zero-order valence-electron chi connectivity index (χ0n) is 11.8. The third-order valence-electron chi connectivity index (χ3n) is 2.84. The maximum absolute atomic E-state index is 3.61. The minimum Gasteiger partial charge on any atom is -0.126 e. The Kier molecular flexibility index (Phi) is 4.59. The van der Waals surface area contributed by atoms with Crippen LogP contribution in [0.5, 0.6) is 0 Å². The molecule has 1 atom stereocenters. The Morgan fingerprint density at radius 1 is 1.12 bits per heavy atom. The van der Waals surface area contributed by atoms with Gasteiger partial charge >= 0.3 is 0 Å². The topological polar surface area (TPSA) is 0 Å². The molecule has 1 heteroatoms. The fraction of sp³-hybridized carbons (Fsp3) is 0.500. The van der Waals surface area contributed by atoms with Crippen LogP contribution < -0.4 is 5.19 Å². The van der Waals surface area contributed by atoms with E-state index >= 15 is 0 Å². The lowest BCUT2D eigenvalue weighted by molar-refractivity contribution is 0.463. The van der Waals surface area contributed by atoms with Gasteiger partial charge in [-0.3, -0.25) is 0 Å². The van der Waals surface area contributed by atoms with Crippen LogP contribution in [-0.4, -0.2) is 8.07 Å². The van der Waals surface area contributed by atoms with Gasteiger partial charge < -0.3 is 0 Å². The predicted molar refractivity (Wildman–Crippen MR) is 80.0 cm³/mol. The molecule has 1 unspecified atom stereocenters. The molecule has 1 rings (SSSR count). The summed E-state index contributed by atoms with van der Waals surface area (Å²) in [5, 5.41) is 1.47. The molecular formula is C16H24Si. The molecule has 0 bridgehead atoms. The largest absolute Gasteiger partial charge is 0.166 e. The molecule has 0 amide bonds. The summed E-state index contributed by atoms with van der Waals surface area (Å²) in [5.74, 6) is 3.32. The van der Waals surface area contributed by atoms with Crippen molar-refractivity contribution in [3.05, 3.63) is 30.3 Å². The van der Waals surface area contributed by atoms with Gasteiger partial charge in [0.2, 0.25) is 0 Å². The average Bonchev–Trinajstić information content (AvgIpc) is 2.25. The second kappa shape index (κ2) is 5.56. The number of hydrogen-bond acceptors (Lipinski definition) is 0. The standard InChI is InChI=1S/C16H24Si/c1-6-7-13-17(5,14-16(2,3)4)15-11-9-8-10-12-15/h8-12H,6,14H2,1-5H3. The van der Waals surface area contributed by atoms with E-state index < -0.39 is 8.07 Å². The van der Waals surface area contributed by atoms with Crippen molar-refractivity contribution in [2.75, 3.05) is 0 Å². The Labute approximate surface area is 107 Å². The van der Waals surface area contributed by atoms with Crippen LogP contribution in [-0.2, 0) is 0 Å². The van der Waals surface area contributed by atoms with E-state index in [4.69, 9.17) is 0 Å². The number of rotatable bonds is 2. The zero-order valence-corrected chi connectivity index (χ0v) is 12.8. The quantitative estimate of drug-likeness (QED) is 0.545. The highest BCUT2D eigenvalue weighted by Gasteiger charge is 2.32. The van der Waals surface area contributed by atoms with E-state index in [1.807, 2.05) is 0 Å². The molecule has 1 aromatic carbocycles. The molecule has 0 saturated carbocycles. The summed E-state index contributed by atoms with van der Waals surface area (Å²) in [7, 11) is -1.64. The van der Waals surface area contributed by atoms with Gasteiger partial charge in [0.05, 0.1) is 0 Å². The molecule has 0 aliphatic rings. The van der Waals surface area contributed by atoms with Crippen molar-refractivity contribution in [3.8, 4) is 11.5 Å². The minimum atomic E-state index is -1.64. The van der Waals surface area contributed by atoms with E-state index in [9.17, 15) is 0 Å². The Morgan fingerprint density at radius 3 is 2.18 bits per heavy atom.